The lowest BCUT2D eigenvalue weighted by Crippen LogP contribution is -2.49. The minimum Gasteiger partial charge on any atom is -0.481 e. The molecule has 1 aliphatic rings. The van der Waals surface area contributed by atoms with E-state index in [9.17, 15) is 9.59 Å². The number of carbonyl (C=O) groups is 2. The lowest BCUT2D eigenvalue weighted by Gasteiger charge is -2.30. The number of carbonyl (C=O) groups excluding carboxylic acids is 1. The van der Waals surface area contributed by atoms with Crippen molar-refractivity contribution in [2.24, 2.45) is 5.92 Å². The Balaban J connectivity index is 2.11. The molecule has 0 spiro atoms. The van der Waals surface area contributed by atoms with E-state index in [-0.39, 0.29) is 11.9 Å². The Morgan fingerprint density at radius 1 is 1.17 bits per heavy atom. The second-order valence-electron chi connectivity index (χ2n) is 6.51. The van der Waals surface area contributed by atoms with E-state index in [1.807, 2.05) is 6.92 Å². The standard InChI is InChI=1S/C18H25NO3S/c1-12-6-8-15(9-7-12)23-18(10-4-5-11-18)17(22)19-14(3)13(2)16(20)21/h6-9,13-14H,4-5,10-11H2,1-3H3,(H,19,22)(H,20,21). The highest BCUT2D eigenvalue weighted by molar-refractivity contribution is 8.01. The van der Waals surface area contributed by atoms with Gasteiger partial charge in [0.25, 0.3) is 0 Å². The average Bonchev–Trinajstić information content (AvgIpc) is 2.98. The fourth-order valence-electron chi connectivity index (χ4n) is 2.83. The second-order valence-corrected chi connectivity index (χ2v) is 7.96. The molecule has 0 bridgehead atoms. The zero-order valence-corrected chi connectivity index (χ0v) is 14.8. The number of hydrogen-bond donors (Lipinski definition) is 2. The maximum atomic E-state index is 12.9. The number of aliphatic carboxylic acids is 1. The Labute approximate surface area is 142 Å². The SMILES string of the molecule is Cc1ccc(SC2(C(=O)NC(C)C(C)C(=O)O)CCCC2)cc1. The molecule has 0 aromatic heterocycles. The highest BCUT2D eigenvalue weighted by atomic mass is 32.2. The third-order valence-corrected chi connectivity index (χ3v) is 6.15. The number of carboxylic acid groups (broad SMARTS) is 1. The van der Waals surface area contributed by atoms with Gasteiger partial charge in [-0.3, -0.25) is 9.59 Å². The average molecular weight is 335 g/mol. The van der Waals surface area contributed by atoms with Crippen LogP contribution in [0.25, 0.3) is 0 Å². The summed E-state index contributed by atoms with van der Waals surface area (Å²) in [5.41, 5.74) is 1.20. The van der Waals surface area contributed by atoms with E-state index in [1.54, 1.807) is 25.6 Å². The third-order valence-electron chi connectivity index (χ3n) is 4.66. The van der Waals surface area contributed by atoms with Crippen LogP contribution in [-0.2, 0) is 9.59 Å². The maximum Gasteiger partial charge on any atom is 0.308 e. The van der Waals surface area contributed by atoms with E-state index < -0.39 is 16.6 Å². The molecule has 1 aromatic carbocycles. The quantitative estimate of drug-likeness (QED) is 0.833. The van der Waals surface area contributed by atoms with Gasteiger partial charge in [-0.25, -0.2) is 0 Å². The molecular weight excluding hydrogens is 310 g/mol. The fraction of sp³-hybridized carbons (Fsp3) is 0.556. The summed E-state index contributed by atoms with van der Waals surface area (Å²) in [5.74, 6) is -1.51. The van der Waals surface area contributed by atoms with Crippen LogP contribution in [0.5, 0.6) is 0 Å². The first-order valence-electron chi connectivity index (χ1n) is 8.13. The molecule has 0 aliphatic heterocycles. The predicted octanol–water partition coefficient (Wildman–Crippen LogP) is 3.63. The van der Waals surface area contributed by atoms with Gasteiger partial charge in [-0.2, -0.15) is 0 Å². The van der Waals surface area contributed by atoms with Crippen molar-refractivity contribution >= 4 is 23.6 Å². The van der Waals surface area contributed by atoms with Crippen molar-refractivity contribution < 1.29 is 14.7 Å². The molecule has 0 heterocycles. The number of benzene rings is 1. The van der Waals surface area contributed by atoms with Crippen molar-refractivity contribution in [1.82, 2.24) is 5.32 Å². The molecule has 2 N–H and O–H groups in total. The predicted molar refractivity (Wildman–Crippen MR) is 92.6 cm³/mol. The second kappa shape index (κ2) is 7.39. The van der Waals surface area contributed by atoms with Gasteiger partial charge in [0.2, 0.25) is 5.91 Å². The van der Waals surface area contributed by atoms with Gasteiger partial charge in [0, 0.05) is 10.9 Å². The normalized spacial score (nSPS) is 19.1. The molecule has 2 unspecified atom stereocenters. The van der Waals surface area contributed by atoms with E-state index in [1.165, 1.54) is 5.56 Å². The van der Waals surface area contributed by atoms with Gasteiger partial charge >= 0.3 is 5.97 Å². The zero-order valence-electron chi connectivity index (χ0n) is 14.0. The van der Waals surface area contributed by atoms with Crippen LogP contribution < -0.4 is 5.32 Å². The topological polar surface area (TPSA) is 66.4 Å². The Morgan fingerprint density at radius 3 is 2.26 bits per heavy atom. The molecule has 2 rings (SSSR count). The van der Waals surface area contributed by atoms with E-state index in [4.69, 9.17) is 5.11 Å². The molecule has 1 fully saturated rings. The maximum absolute atomic E-state index is 12.9. The van der Waals surface area contributed by atoms with E-state index >= 15 is 0 Å². The molecule has 1 aliphatic carbocycles. The summed E-state index contributed by atoms with van der Waals surface area (Å²) >= 11 is 1.62. The van der Waals surface area contributed by atoms with Crippen LogP contribution in [0.4, 0.5) is 0 Å². The van der Waals surface area contributed by atoms with Gasteiger partial charge < -0.3 is 10.4 Å². The number of hydrogen-bond acceptors (Lipinski definition) is 3. The van der Waals surface area contributed by atoms with Crippen molar-refractivity contribution in [3.63, 3.8) is 0 Å². The van der Waals surface area contributed by atoms with Gasteiger partial charge in [-0.05, 0) is 45.7 Å². The van der Waals surface area contributed by atoms with Crippen LogP contribution in [0.3, 0.4) is 0 Å². The van der Waals surface area contributed by atoms with Gasteiger partial charge in [-0.1, -0.05) is 30.5 Å². The van der Waals surface area contributed by atoms with Crippen LogP contribution in [0.15, 0.2) is 29.2 Å². The lowest BCUT2D eigenvalue weighted by molar-refractivity contribution is -0.142. The molecule has 5 heteroatoms. The summed E-state index contributed by atoms with van der Waals surface area (Å²) < 4.78 is -0.470. The smallest absolute Gasteiger partial charge is 0.308 e. The number of aryl methyl sites for hydroxylation is 1. The first-order chi connectivity index (χ1) is 10.8. The summed E-state index contributed by atoms with van der Waals surface area (Å²) in [6, 6.07) is 7.83. The minimum absolute atomic E-state index is 0.0267. The number of amides is 1. The summed E-state index contributed by atoms with van der Waals surface area (Å²) in [4.78, 5) is 25.0. The monoisotopic (exact) mass is 335 g/mol. The number of thioether (sulfide) groups is 1. The van der Waals surface area contributed by atoms with Crippen LogP contribution >= 0.6 is 11.8 Å². The highest BCUT2D eigenvalue weighted by Crippen LogP contribution is 2.45. The molecule has 23 heavy (non-hydrogen) atoms. The molecule has 0 radical (unpaired) electrons. The molecule has 0 saturated heterocycles. The Kier molecular flexibility index (Phi) is 5.74. The Morgan fingerprint density at radius 2 is 1.74 bits per heavy atom. The largest absolute Gasteiger partial charge is 0.481 e. The molecule has 126 valence electrons. The highest BCUT2D eigenvalue weighted by Gasteiger charge is 2.43. The van der Waals surface area contributed by atoms with E-state index in [2.05, 4.69) is 29.6 Å². The van der Waals surface area contributed by atoms with Gasteiger partial charge in [0.1, 0.15) is 0 Å². The van der Waals surface area contributed by atoms with Gasteiger partial charge in [0.15, 0.2) is 0 Å². The molecule has 1 saturated carbocycles. The summed E-state index contributed by atoms with van der Waals surface area (Å²) in [7, 11) is 0. The number of carboxylic acids is 1. The minimum atomic E-state index is -0.885. The van der Waals surface area contributed by atoms with Crippen molar-refractivity contribution in [2.75, 3.05) is 0 Å². The van der Waals surface area contributed by atoms with Crippen molar-refractivity contribution in [1.29, 1.82) is 0 Å². The zero-order chi connectivity index (χ0) is 17.0. The molecule has 4 nitrogen and oxygen atoms in total. The van der Waals surface area contributed by atoms with Crippen LogP contribution in [0, 0.1) is 12.8 Å². The summed E-state index contributed by atoms with van der Waals surface area (Å²) in [5, 5.41) is 12.0. The van der Waals surface area contributed by atoms with Gasteiger partial charge in [-0.15, -0.1) is 11.8 Å². The number of rotatable bonds is 6. The third kappa shape index (κ3) is 4.28. The lowest BCUT2D eigenvalue weighted by atomic mass is 10.0. The Hall–Kier alpha value is -1.49. The number of nitrogens with one attached hydrogen (secondary N) is 1. The van der Waals surface area contributed by atoms with Gasteiger partial charge in [0.05, 0.1) is 10.7 Å². The molecule has 1 amide bonds. The Bertz CT molecular complexity index is 564. The van der Waals surface area contributed by atoms with Crippen LogP contribution in [0.2, 0.25) is 0 Å². The van der Waals surface area contributed by atoms with Crippen LogP contribution in [-0.4, -0.2) is 27.8 Å². The van der Waals surface area contributed by atoms with E-state index in [0.29, 0.717) is 0 Å². The van der Waals surface area contributed by atoms with Crippen molar-refractivity contribution in [3.05, 3.63) is 29.8 Å². The fourth-order valence-corrected chi connectivity index (χ4v) is 4.20. The molecule has 2 atom stereocenters. The molecule has 1 aromatic rings. The van der Waals surface area contributed by atoms with E-state index in [0.717, 1.165) is 30.6 Å². The first-order valence-corrected chi connectivity index (χ1v) is 8.95. The van der Waals surface area contributed by atoms with Crippen LogP contribution in [0.1, 0.15) is 45.1 Å². The van der Waals surface area contributed by atoms with Crippen molar-refractivity contribution in [2.45, 2.75) is 62.1 Å². The summed E-state index contributed by atoms with van der Waals surface area (Å²) in [6.45, 7) is 5.43. The first kappa shape index (κ1) is 17.9. The van der Waals surface area contributed by atoms with Crippen molar-refractivity contribution in [3.8, 4) is 0 Å². The summed E-state index contributed by atoms with van der Waals surface area (Å²) in [6.07, 6.45) is 3.75. The molecular formula is C18H25NO3S.